The van der Waals surface area contributed by atoms with Gasteiger partial charge in [-0.3, -0.25) is 0 Å². The Morgan fingerprint density at radius 1 is 1.30 bits per heavy atom. The molecule has 2 rings (SSSR count). The molecule has 3 atom stereocenters. The largest absolute Gasteiger partial charge is 0.496 e. The number of nitriles is 1. The normalized spacial score (nSPS) is 24.4. The number of hydrogen-bond acceptors (Lipinski definition) is 5. The lowest BCUT2D eigenvalue weighted by atomic mass is 10.0. The van der Waals surface area contributed by atoms with Crippen LogP contribution < -0.4 is 4.74 Å². The molecule has 1 heterocycles. The van der Waals surface area contributed by atoms with Gasteiger partial charge in [-0.15, -0.1) is 0 Å². The van der Waals surface area contributed by atoms with E-state index in [9.17, 15) is 0 Å². The van der Waals surface area contributed by atoms with Crippen molar-refractivity contribution in [2.75, 3.05) is 20.8 Å². The van der Waals surface area contributed by atoms with Crippen LogP contribution in [0.25, 0.3) is 0 Å². The average Bonchev–Trinajstić information content (AvgIpc) is 2.94. The lowest BCUT2D eigenvalue weighted by Gasteiger charge is -2.24. The van der Waals surface area contributed by atoms with Crippen LogP contribution in [-0.4, -0.2) is 38.6 Å². The van der Waals surface area contributed by atoms with Gasteiger partial charge < -0.3 is 18.9 Å². The maximum absolute atomic E-state index is 9.01. The molecule has 0 spiro atoms. The van der Waals surface area contributed by atoms with Crippen LogP contribution in [0.3, 0.4) is 0 Å². The predicted octanol–water partition coefficient (Wildman–Crippen LogP) is 3.23. The number of nitrogens with zero attached hydrogens (tertiary/aromatic N) is 1. The minimum atomic E-state index is -0.216. The first kappa shape index (κ1) is 17.7. The van der Waals surface area contributed by atoms with Crippen molar-refractivity contribution in [2.45, 2.75) is 51.1 Å². The van der Waals surface area contributed by atoms with Crippen LogP contribution in [0.1, 0.15) is 44.4 Å². The Balaban J connectivity index is 2.14. The summed E-state index contributed by atoms with van der Waals surface area (Å²) in [4.78, 5) is 0. The summed E-state index contributed by atoms with van der Waals surface area (Å²) >= 11 is 0. The molecule has 1 aromatic carbocycles. The van der Waals surface area contributed by atoms with Gasteiger partial charge in [0.25, 0.3) is 0 Å². The Kier molecular flexibility index (Phi) is 5.64. The first-order valence-corrected chi connectivity index (χ1v) is 7.78. The summed E-state index contributed by atoms with van der Waals surface area (Å²) in [6, 6.07) is 7.53. The summed E-state index contributed by atoms with van der Waals surface area (Å²) in [5, 5.41) is 9.01. The van der Waals surface area contributed by atoms with Gasteiger partial charge in [0.2, 0.25) is 0 Å². The van der Waals surface area contributed by atoms with E-state index in [1.54, 1.807) is 26.4 Å². The summed E-state index contributed by atoms with van der Waals surface area (Å²) in [6.07, 6.45) is 0.459. The standard InChI is InChI=1S/C18H25NO4/c1-18(2,3)22-11-17-16(21-5)9-15(23-17)13-7-6-12(10-19)8-14(13)20-4/h6-8,15-17H,9,11H2,1-5H3/t15-,16-,17-/m1/s1. The van der Waals surface area contributed by atoms with E-state index in [0.717, 1.165) is 12.0 Å². The molecule has 0 aliphatic carbocycles. The molecule has 126 valence electrons. The summed E-state index contributed by atoms with van der Waals surface area (Å²) in [5.41, 5.74) is 1.29. The van der Waals surface area contributed by atoms with Crippen LogP contribution in [0.2, 0.25) is 0 Å². The quantitative estimate of drug-likeness (QED) is 0.834. The third-order valence-electron chi connectivity index (χ3n) is 3.89. The highest BCUT2D eigenvalue weighted by atomic mass is 16.6. The molecule has 0 amide bonds. The van der Waals surface area contributed by atoms with Crippen LogP contribution >= 0.6 is 0 Å². The van der Waals surface area contributed by atoms with Gasteiger partial charge >= 0.3 is 0 Å². The zero-order valence-electron chi connectivity index (χ0n) is 14.5. The summed E-state index contributed by atoms with van der Waals surface area (Å²) in [5.74, 6) is 0.668. The minimum absolute atomic E-state index is 0.0253. The van der Waals surface area contributed by atoms with E-state index in [4.69, 9.17) is 24.2 Å². The molecule has 1 aliphatic heterocycles. The Morgan fingerprint density at radius 2 is 2.04 bits per heavy atom. The molecule has 0 radical (unpaired) electrons. The lowest BCUT2D eigenvalue weighted by molar-refractivity contribution is -0.0943. The highest BCUT2D eigenvalue weighted by Crippen LogP contribution is 2.39. The highest BCUT2D eigenvalue weighted by molar-refractivity contribution is 5.44. The second kappa shape index (κ2) is 7.31. The zero-order valence-corrected chi connectivity index (χ0v) is 14.5. The predicted molar refractivity (Wildman–Crippen MR) is 86.4 cm³/mol. The molecule has 0 aromatic heterocycles. The molecule has 1 aromatic rings. The van der Waals surface area contributed by atoms with E-state index in [1.165, 1.54) is 0 Å². The van der Waals surface area contributed by atoms with Crippen molar-refractivity contribution in [1.82, 2.24) is 0 Å². The van der Waals surface area contributed by atoms with Gasteiger partial charge in [0.15, 0.2) is 0 Å². The van der Waals surface area contributed by atoms with Crippen molar-refractivity contribution in [2.24, 2.45) is 0 Å². The molecule has 23 heavy (non-hydrogen) atoms. The fraction of sp³-hybridized carbons (Fsp3) is 0.611. The minimum Gasteiger partial charge on any atom is -0.496 e. The van der Waals surface area contributed by atoms with Crippen LogP contribution in [0, 0.1) is 11.3 Å². The van der Waals surface area contributed by atoms with E-state index in [2.05, 4.69) is 6.07 Å². The van der Waals surface area contributed by atoms with Crippen molar-refractivity contribution in [3.63, 3.8) is 0 Å². The molecular formula is C18H25NO4. The molecule has 1 saturated heterocycles. The zero-order chi connectivity index (χ0) is 17.0. The van der Waals surface area contributed by atoms with Crippen LogP contribution in [0.15, 0.2) is 18.2 Å². The van der Waals surface area contributed by atoms with Gasteiger partial charge in [-0.25, -0.2) is 0 Å². The maximum atomic E-state index is 9.01. The van der Waals surface area contributed by atoms with E-state index < -0.39 is 0 Å². The van der Waals surface area contributed by atoms with Crippen molar-refractivity contribution in [3.05, 3.63) is 29.3 Å². The van der Waals surface area contributed by atoms with Crippen LogP contribution in [0.4, 0.5) is 0 Å². The Morgan fingerprint density at radius 3 is 2.61 bits per heavy atom. The second-order valence-electron chi connectivity index (χ2n) is 6.66. The molecule has 1 fully saturated rings. The fourth-order valence-corrected chi connectivity index (χ4v) is 2.69. The summed E-state index contributed by atoms with van der Waals surface area (Å²) in [7, 11) is 3.29. The van der Waals surface area contributed by atoms with Gasteiger partial charge in [0.1, 0.15) is 11.9 Å². The van der Waals surface area contributed by atoms with Gasteiger partial charge in [-0.1, -0.05) is 6.07 Å². The number of rotatable bonds is 5. The Labute approximate surface area is 138 Å². The second-order valence-corrected chi connectivity index (χ2v) is 6.66. The van der Waals surface area contributed by atoms with Gasteiger partial charge in [-0.2, -0.15) is 5.26 Å². The molecule has 0 bridgehead atoms. The monoisotopic (exact) mass is 319 g/mol. The summed E-state index contributed by atoms with van der Waals surface area (Å²) < 4.78 is 23.0. The maximum Gasteiger partial charge on any atom is 0.125 e. The first-order valence-electron chi connectivity index (χ1n) is 7.78. The smallest absolute Gasteiger partial charge is 0.125 e. The highest BCUT2D eigenvalue weighted by Gasteiger charge is 2.38. The third kappa shape index (κ3) is 4.44. The van der Waals surface area contributed by atoms with Crippen molar-refractivity contribution < 1.29 is 18.9 Å². The van der Waals surface area contributed by atoms with Gasteiger partial charge in [0.05, 0.1) is 43.2 Å². The molecule has 5 nitrogen and oxygen atoms in total. The van der Waals surface area contributed by atoms with E-state index in [0.29, 0.717) is 17.9 Å². The van der Waals surface area contributed by atoms with Crippen LogP contribution in [-0.2, 0) is 14.2 Å². The molecule has 5 heteroatoms. The molecular weight excluding hydrogens is 294 g/mol. The summed E-state index contributed by atoms with van der Waals surface area (Å²) in [6.45, 7) is 6.54. The fourth-order valence-electron chi connectivity index (χ4n) is 2.69. The number of ether oxygens (including phenoxy) is 4. The van der Waals surface area contributed by atoms with Crippen molar-refractivity contribution in [3.8, 4) is 11.8 Å². The van der Waals surface area contributed by atoms with Crippen molar-refractivity contribution >= 4 is 0 Å². The Hall–Kier alpha value is -1.61. The van der Waals surface area contributed by atoms with Crippen molar-refractivity contribution in [1.29, 1.82) is 5.26 Å². The van der Waals surface area contributed by atoms with Gasteiger partial charge in [-0.05, 0) is 32.9 Å². The molecule has 0 N–H and O–H groups in total. The number of methoxy groups -OCH3 is 2. The SMILES string of the molecule is COc1cc(C#N)ccc1[C@H]1C[C@@H](OC)[C@@H](COC(C)(C)C)O1. The molecule has 1 aliphatic rings. The number of hydrogen-bond donors (Lipinski definition) is 0. The molecule has 0 saturated carbocycles. The average molecular weight is 319 g/mol. The molecule has 0 unspecified atom stereocenters. The lowest BCUT2D eigenvalue weighted by Crippen LogP contribution is -2.32. The van der Waals surface area contributed by atoms with E-state index >= 15 is 0 Å². The first-order chi connectivity index (χ1) is 10.9. The topological polar surface area (TPSA) is 60.7 Å². The van der Waals surface area contributed by atoms with E-state index in [-0.39, 0.29) is 23.9 Å². The van der Waals surface area contributed by atoms with E-state index in [1.807, 2.05) is 26.8 Å². The number of benzene rings is 1. The third-order valence-corrected chi connectivity index (χ3v) is 3.89. The Bertz CT molecular complexity index is 573. The van der Waals surface area contributed by atoms with Gasteiger partial charge in [0, 0.05) is 19.1 Å². The van der Waals surface area contributed by atoms with Crippen LogP contribution in [0.5, 0.6) is 5.75 Å².